The molecule has 1 aromatic rings. The summed E-state index contributed by atoms with van der Waals surface area (Å²) in [7, 11) is 3.17. The normalized spacial score (nSPS) is 16.0. The monoisotopic (exact) mass is 426 g/mol. The Balaban J connectivity index is 1.38. The van der Waals surface area contributed by atoms with E-state index in [9.17, 15) is 19.5 Å². The van der Waals surface area contributed by atoms with Crippen LogP contribution in [-0.4, -0.2) is 78.3 Å². The van der Waals surface area contributed by atoms with Gasteiger partial charge in [-0.25, -0.2) is 9.59 Å². The van der Waals surface area contributed by atoms with Crippen molar-refractivity contribution in [2.75, 3.05) is 32.7 Å². The molecule has 1 aromatic carbocycles. The number of hydrogen-bond acceptors (Lipinski definition) is 6. The summed E-state index contributed by atoms with van der Waals surface area (Å²) in [4.78, 5) is 44.8. The average Bonchev–Trinajstić information content (AvgIpc) is 3.08. The molecule has 0 aromatic heterocycles. The topological polar surface area (TPSA) is 106 Å². The van der Waals surface area contributed by atoms with Gasteiger partial charge in [0.25, 0.3) is 5.91 Å². The predicted molar refractivity (Wildman–Crippen MR) is 114 cm³/mol. The van der Waals surface area contributed by atoms with Gasteiger partial charge in [0, 0.05) is 58.6 Å². The van der Waals surface area contributed by atoms with E-state index in [0.717, 1.165) is 0 Å². The molecule has 0 saturated carbocycles. The molecule has 10 heteroatoms. The Labute approximate surface area is 178 Å². The van der Waals surface area contributed by atoms with Gasteiger partial charge in [-0.05, 0) is 12.1 Å². The van der Waals surface area contributed by atoms with Crippen LogP contribution in [0.15, 0.2) is 46.1 Å². The van der Waals surface area contributed by atoms with Gasteiger partial charge in [-0.3, -0.25) is 18.8 Å². The third-order valence-corrected chi connectivity index (χ3v) is 5.72. The molecule has 3 aliphatic rings. The van der Waals surface area contributed by atoms with E-state index < -0.39 is 11.8 Å². The van der Waals surface area contributed by atoms with Crippen LogP contribution in [0.5, 0.6) is 0 Å². The lowest BCUT2D eigenvalue weighted by Gasteiger charge is -2.35. The minimum absolute atomic E-state index is 0.0140. The van der Waals surface area contributed by atoms with E-state index >= 15 is 0 Å². The Bertz CT molecular complexity index is 1160. The van der Waals surface area contributed by atoms with Gasteiger partial charge in [-0.1, -0.05) is 18.2 Å². The number of hydrogen-bond donors (Lipinski definition) is 1. The van der Waals surface area contributed by atoms with Crippen molar-refractivity contribution in [3.8, 4) is 11.5 Å². The number of carbonyl (C=O) groups is 1. The number of aromatic nitrogens is 4. The van der Waals surface area contributed by atoms with Crippen LogP contribution in [0.1, 0.15) is 10.4 Å². The van der Waals surface area contributed by atoms with Gasteiger partial charge in [0.1, 0.15) is 5.69 Å². The Morgan fingerprint density at radius 1 is 1.06 bits per heavy atom. The number of nitrogens with zero attached hydrogens (tertiary/aromatic N) is 6. The van der Waals surface area contributed by atoms with Gasteiger partial charge in [0.2, 0.25) is 0 Å². The fourth-order valence-corrected chi connectivity index (χ4v) is 4.01. The number of aliphatic hydroxyl groups is 1. The summed E-state index contributed by atoms with van der Waals surface area (Å²) in [6, 6.07) is 9.20. The number of carbonyl (C=O) groups excluding carboxylic acids is 1. The van der Waals surface area contributed by atoms with Crippen molar-refractivity contribution < 1.29 is 9.90 Å². The van der Waals surface area contributed by atoms with Gasteiger partial charge in [-0.15, -0.1) is 0 Å². The van der Waals surface area contributed by atoms with Gasteiger partial charge in [0.05, 0.1) is 12.6 Å². The van der Waals surface area contributed by atoms with Crippen LogP contribution >= 0.6 is 0 Å². The van der Waals surface area contributed by atoms with Crippen molar-refractivity contribution in [2.45, 2.75) is 12.6 Å². The lowest BCUT2D eigenvalue weighted by molar-refractivity contribution is 0.0498. The van der Waals surface area contributed by atoms with Crippen molar-refractivity contribution in [3.05, 3.63) is 63.1 Å². The molecule has 3 aliphatic heterocycles. The minimum atomic E-state index is -0.788. The number of rotatable bonds is 5. The fraction of sp³-hybridized carbons (Fsp3) is 0.429. The van der Waals surface area contributed by atoms with Gasteiger partial charge >= 0.3 is 11.4 Å². The van der Waals surface area contributed by atoms with Crippen LogP contribution in [0.2, 0.25) is 0 Å². The highest BCUT2D eigenvalue weighted by molar-refractivity contribution is 5.94. The number of piperazine rings is 1. The first-order valence-corrected chi connectivity index (χ1v) is 10.2. The quantitative estimate of drug-likeness (QED) is 0.573. The Morgan fingerprint density at radius 3 is 2.42 bits per heavy atom. The zero-order valence-corrected chi connectivity index (χ0v) is 17.6. The van der Waals surface area contributed by atoms with Crippen LogP contribution in [0, 0.1) is 0 Å². The SMILES string of the molecule is Cn1cc2n(CC(O)CN3CCN(C(=O)c4ccccc4)CC3)c(=O)nc-2n(C)c1=O. The van der Waals surface area contributed by atoms with E-state index in [1.165, 1.54) is 13.7 Å². The summed E-state index contributed by atoms with van der Waals surface area (Å²) >= 11 is 0. The lowest BCUT2D eigenvalue weighted by atomic mass is 10.2. The molecule has 1 amide bonds. The number of β-amino-alcohol motifs (C(OH)–C–C–N with tert-alkyl or cyclic N) is 1. The summed E-state index contributed by atoms with van der Waals surface area (Å²) in [5.41, 5.74) is 0.412. The first-order chi connectivity index (χ1) is 14.8. The second-order valence-electron chi connectivity index (χ2n) is 7.91. The summed E-state index contributed by atoms with van der Waals surface area (Å²) in [6.07, 6.45) is 0.774. The van der Waals surface area contributed by atoms with E-state index in [1.807, 2.05) is 35.2 Å². The second-order valence-corrected chi connectivity index (χ2v) is 7.91. The molecule has 31 heavy (non-hydrogen) atoms. The first kappa shape index (κ1) is 21.0. The first-order valence-electron chi connectivity index (χ1n) is 10.2. The maximum Gasteiger partial charge on any atom is 0.350 e. The fourth-order valence-electron chi connectivity index (χ4n) is 4.01. The number of imidazole rings is 1. The third-order valence-electron chi connectivity index (χ3n) is 5.72. The number of fused-ring (bicyclic) bond motifs is 1. The summed E-state index contributed by atoms with van der Waals surface area (Å²) in [5.74, 6) is 0.313. The van der Waals surface area contributed by atoms with Crippen molar-refractivity contribution in [1.82, 2.24) is 28.5 Å². The van der Waals surface area contributed by atoms with E-state index in [0.29, 0.717) is 49.8 Å². The molecule has 3 heterocycles. The number of aryl methyl sites for hydroxylation is 1. The zero-order valence-electron chi connectivity index (χ0n) is 17.6. The molecule has 10 nitrogen and oxygen atoms in total. The lowest BCUT2D eigenvalue weighted by Crippen LogP contribution is -2.50. The predicted octanol–water partition coefficient (Wildman–Crippen LogP) is -0.796. The van der Waals surface area contributed by atoms with Crippen molar-refractivity contribution in [1.29, 1.82) is 0 Å². The standard InChI is InChI=1S/C21H26N6O4/c1-23-14-17-18(24(2)21(23)31)22-20(30)27(17)13-16(28)12-25-8-10-26(11-9-25)19(29)15-6-4-3-5-7-15/h3-7,14,16,28H,8-13H2,1-2H3. The second kappa shape index (κ2) is 8.48. The van der Waals surface area contributed by atoms with Crippen LogP contribution in [-0.2, 0) is 20.6 Å². The third kappa shape index (κ3) is 4.17. The molecule has 0 radical (unpaired) electrons. The highest BCUT2D eigenvalue weighted by atomic mass is 16.3. The highest BCUT2D eigenvalue weighted by Crippen LogP contribution is 2.15. The highest BCUT2D eigenvalue weighted by Gasteiger charge is 2.25. The van der Waals surface area contributed by atoms with Crippen molar-refractivity contribution in [3.63, 3.8) is 0 Å². The summed E-state index contributed by atoms with van der Waals surface area (Å²) in [5, 5.41) is 10.6. The molecule has 1 saturated heterocycles. The maximum absolute atomic E-state index is 12.6. The van der Waals surface area contributed by atoms with Crippen LogP contribution in [0.4, 0.5) is 0 Å². The molecule has 164 valence electrons. The van der Waals surface area contributed by atoms with Gasteiger partial charge < -0.3 is 14.6 Å². The minimum Gasteiger partial charge on any atom is -0.390 e. The number of amides is 1. The molecule has 0 spiro atoms. The summed E-state index contributed by atoms with van der Waals surface area (Å²) in [6.45, 7) is 2.92. The van der Waals surface area contributed by atoms with Gasteiger partial charge in [-0.2, -0.15) is 4.98 Å². The van der Waals surface area contributed by atoms with E-state index in [-0.39, 0.29) is 18.1 Å². The molecule has 1 atom stereocenters. The molecular weight excluding hydrogens is 400 g/mol. The van der Waals surface area contributed by atoms with Crippen molar-refractivity contribution in [2.24, 2.45) is 14.1 Å². The maximum atomic E-state index is 12.6. The van der Waals surface area contributed by atoms with Crippen molar-refractivity contribution >= 4 is 5.91 Å². The molecule has 4 rings (SSSR count). The molecule has 1 fully saturated rings. The van der Waals surface area contributed by atoms with E-state index in [4.69, 9.17) is 0 Å². The summed E-state index contributed by atoms with van der Waals surface area (Å²) < 4.78 is 4.10. The molecule has 1 unspecified atom stereocenters. The molecule has 1 N–H and O–H groups in total. The van der Waals surface area contributed by atoms with E-state index in [1.54, 1.807) is 20.3 Å². The molecule has 0 aliphatic carbocycles. The Morgan fingerprint density at radius 2 is 1.74 bits per heavy atom. The molecule has 0 bridgehead atoms. The molecular formula is C21H26N6O4. The zero-order chi connectivity index (χ0) is 22.1. The number of benzene rings is 1. The Kier molecular flexibility index (Phi) is 5.75. The largest absolute Gasteiger partial charge is 0.390 e. The number of aliphatic hydroxyl groups excluding tert-OH is 1. The van der Waals surface area contributed by atoms with Gasteiger partial charge in [0.15, 0.2) is 5.82 Å². The Hall–Kier alpha value is -3.24. The average molecular weight is 426 g/mol. The van der Waals surface area contributed by atoms with Crippen LogP contribution < -0.4 is 11.4 Å². The van der Waals surface area contributed by atoms with Crippen LogP contribution in [0.3, 0.4) is 0 Å². The smallest absolute Gasteiger partial charge is 0.350 e. The van der Waals surface area contributed by atoms with Crippen LogP contribution in [0.25, 0.3) is 11.5 Å². The van der Waals surface area contributed by atoms with E-state index in [2.05, 4.69) is 9.88 Å².